The number of hydrogen-bond acceptors (Lipinski definition) is 20. The lowest BCUT2D eigenvalue weighted by molar-refractivity contribution is -0.257. The summed E-state index contributed by atoms with van der Waals surface area (Å²) in [7, 11) is -6.35. The van der Waals surface area contributed by atoms with Crippen molar-refractivity contribution in [1.82, 2.24) is 29.2 Å². The highest BCUT2D eigenvalue weighted by molar-refractivity contribution is 7.91. The first-order valence-electron chi connectivity index (χ1n) is 39.0. The number of pyridine rings is 2. The van der Waals surface area contributed by atoms with Crippen LogP contribution in [0.15, 0.2) is 85.2 Å². The van der Waals surface area contributed by atoms with E-state index in [0.29, 0.717) is 98.5 Å². The van der Waals surface area contributed by atoms with E-state index in [0.717, 1.165) is 33.1 Å². The number of carbonyl (C=O) groups excluding carboxylic acids is 8. The second-order valence-electron chi connectivity index (χ2n) is 33.4. The minimum atomic E-state index is -4.86. The van der Waals surface area contributed by atoms with Gasteiger partial charge in [0, 0.05) is 47.2 Å². The van der Waals surface area contributed by atoms with Crippen LogP contribution >= 0.6 is 0 Å². The van der Waals surface area contributed by atoms with Gasteiger partial charge in [-0.05, 0) is 159 Å². The molecule has 8 aliphatic rings. The van der Waals surface area contributed by atoms with Crippen LogP contribution in [0.2, 0.25) is 0 Å². The van der Waals surface area contributed by atoms with E-state index in [-0.39, 0.29) is 75.2 Å². The molecule has 6 heterocycles. The van der Waals surface area contributed by atoms with Crippen LogP contribution in [0.1, 0.15) is 178 Å². The first-order chi connectivity index (χ1) is 53.0. The Labute approximate surface area is 654 Å². The number of ether oxygens (including phenoxy) is 6. The van der Waals surface area contributed by atoms with Crippen LogP contribution < -0.4 is 28.4 Å². The number of nitrogens with zero attached hydrogens (tertiary/aromatic N) is 4. The maximum atomic E-state index is 14.8. The number of rotatable bonds is 19. The molecule has 32 heteroatoms. The number of alkyl halides is 6. The minimum absolute atomic E-state index is 0.0184. The summed E-state index contributed by atoms with van der Waals surface area (Å²) in [5.74, 6) is -8.78. The second-order valence-corrected chi connectivity index (χ2v) is 37.3. The van der Waals surface area contributed by atoms with Gasteiger partial charge in [-0.15, -0.1) is 0 Å². The van der Waals surface area contributed by atoms with Crippen molar-refractivity contribution in [2.75, 3.05) is 26.8 Å². The molecular formula is C81H102F6N6O18S2. The zero-order valence-corrected chi connectivity index (χ0v) is 66.9. The van der Waals surface area contributed by atoms with E-state index in [9.17, 15) is 81.5 Å². The number of benzene rings is 2. The molecule has 2 N–H and O–H groups in total. The number of fused-ring (bicyclic) bond motifs is 6. The van der Waals surface area contributed by atoms with Gasteiger partial charge < -0.3 is 38.2 Å². The third-order valence-corrected chi connectivity index (χ3v) is 27.4. The highest BCUT2D eigenvalue weighted by Gasteiger charge is 2.64. The molecule has 14 atom stereocenters. The number of allylic oxidation sites excluding steroid dienone is 4. The van der Waals surface area contributed by atoms with E-state index in [1.165, 1.54) is 29.3 Å². The van der Waals surface area contributed by atoms with Gasteiger partial charge in [-0.2, -0.15) is 26.3 Å². The predicted molar refractivity (Wildman–Crippen MR) is 402 cm³/mol. The van der Waals surface area contributed by atoms with Crippen LogP contribution in [-0.2, 0) is 67.9 Å². The molecule has 4 saturated carbocycles. The molecule has 6 fully saturated rings. The van der Waals surface area contributed by atoms with E-state index in [1.54, 1.807) is 38.1 Å². The third kappa shape index (κ3) is 19.4. The number of amides is 4. The van der Waals surface area contributed by atoms with Crippen LogP contribution in [0.5, 0.6) is 23.3 Å². The highest BCUT2D eigenvalue weighted by Crippen LogP contribution is 2.59. The van der Waals surface area contributed by atoms with Crippen LogP contribution in [0, 0.1) is 58.2 Å². The summed E-state index contributed by atoms with van der Waals surface area (Å²) in [4.78, 5) is 124. The summed E-state index contributed by atoms with van der Waals surface area (Å²) >= 11 is 0. The number of hydrogen-bond donors (Lipinski definition) is 2. The molecule has 4 amide bonds. The monoisotopic (exact) mass is 1620 g/mol. The molecule has 0 spiro atoms. The molecule has 0 radical (unpaired) electrons. The molecule has 4 aromatic rings. The van der Waals surface area contributed by atoms with Crippen molar-refractivity contribution in [3.63, 3.8) is 0 Å². The highest BCUT2D eigenvalue weighted by atomic mass is 32.2. The first-order valence-corrected chi connectivity index (χ1v) is 42.1. The van der Waals surface area contributed by atoms with Crippen LogP contribution in [0.25, 0.3) is 21.5 Å². The van der Waals surface area contributed by atoms with Gasteiger partial charge in [0.15, 0.2) is 11.6 Å². The zero-order valence-electron chi connectivity index (χ0n) is 65.2. The van der Waals surface area contributed by atoms with Crippen molar-refractivity contribution in [3.05, 3.63) is 85.2 Å². The van der Waals surface area contributed by atoms with Gasteiger partial charge in [-0.3, -0.25) is 47.8 Å². The number of nitrogens with one attached hydrogen (secondary N) is 2. The van der Waals surface area contributed by atoms with Gasteiger partial charge in [-0.25, -0.2) is 26.8 Å². The number of Topliss-reactive ketones (excluding diaryl/α,β-unsaturated/α-hetero) is 2. The van der Waals surface area contributed by atoms with E-state index in [1.807, 2.05) is 69.3 Å². The molecule has 113 heavy (non-hydrogen) atoms. The summed E-state index contributed by atoms with van der Waals surface area (Å²) < 4.78 is 172. The van der Waals surface area contributed by atoms with Crippen molar-refractivity contribution in [2.45, 2.75) is 236 Å². The SMILES string of the molecule is CCOc1cnc(O[C@@H]2C[C@H]3C(=O)C[C@]4(C(=O)NS(=O)(=O)C5CC5)C[C@H]4/C=C\CC[C@H](C)C[C@@H](C)[C@H](CC(=O)OC(C)(C)C(F)(F)F)C(=O)N3C2)c2ccccc12.COc1cnc(O[C@@H]2C[C@H]3C(=O)C[C@]4(C(=O)NS(=O)(=O)C5CC5)C[C@H]4/C=C\CC[C@@H](C)C[C@@H](C)[C@H](CC(=O)OC(C)(C)C(F)(F)F)C(=O)N3C2)c2ccccc12. The normalized spacial score (nSPS) is 29.5. The summed E-state index contributed by atoms with van der Waals surface area (Å²) in [5, 5.41) is 1.36. The predicted octanol–water partition coefficient (Wildman–Crippen LogP) is 12.5. The number of esters is 2. The first kappa shape index (κ1) is 85.5. The van der Waals surface area contributed by atoms with Crippen molar-refractivity contribution in [3.8, 4) is 23.3 Å². The fraction of sp³-hybridized carbons (Fsp3) is 0.630. The van der Waals surface area contributed by atoms with Crippen molar-refractivity contribution in [1.29, 1.82) is 0 Å². The number of ketones is 2. The van der Waals surface area contributed by atoms with Gasteiger partial charge >= 0.3 is 24.3 Å². The fourth-order valence-electron chi connectivity index (χ4n) is 16.3. The molecular weight excluding hydrogens is 1520 g/mol. The standard InChI is InChI=1S/C41H52F3N3O9S.C40H50F3N3O9S/c1-6-54-34-22-45-36(30-14-10-9-13-29(30)34)55-27-18-32-33(48)21-40(38(51)46-57(52,53)28-15-16-28)20-26(40)12-8-7-11-24(2)17-25(3)31(37(50)47(32)23-27)19-35(49)56-39(4,5)41(42,43)44;1-23-10-6-7-11-25-19-39(25,37(50)45-56(51,52)27-14-15-27)20-32(47)31-17-26(54-35-29-13-9-8-12-28(29)33(53-5)21-44-35)22-46(31)36(49)30(24(2)16-23)18-34(48)55-38(3,4)40(41,42)43/h8-10,12-14,22,24-28,31-32H,6-7,11,15-21,23H2,1-5H3,(H,46,51);7-9,11-13,21,23-27,30-31H,6,10,14-20,22H2,1-5H3,(H,45,50)/b12-8-;11-7-/t24-,25+,26+,27+,31-,32-,40+;23-,24-,25-,26-,30+,31+,39-/m01/s1. The largest absolute Gasteiger partial charge is 0.494 e. The Morgan fingerprint density at radius 3 is 1.28 bits per heavy atom. The van der Waals surface area contributed by atoms with E-state index in [2.05, 4.69) is 19.4 Å². The average Bonchev–Trinajstić information content (AvgIpc) is 1.57. The van der Waals surface area contributed by atoms with E-state index in [4.69, 9.17) is 28.4 Å². The molecule has 4 aliphatic heterocycles. The Morgan fingerprint density at radius 1 is 0.549 bits per heavy atom. The maximum Gasteiger partial charge on any atom is 0.427 e. The Hall–Kier alpha value is -8.42. The van der Waals surface area contributed by atoms with Crippen LogP contribution in [0.4, 0.5) is 26.3 Å². The van der Waals surface area contributed by atoms with Crippen LogP contribution in [0.3, 0.4) is 0 Å². The molecule has 12 rings (SSSR count). The average molecular weight is 1630 g/mol. The second kappa shape index (κ2) is 33.4. The van der Waals surface area contributed by atoms with E-state index < -0.39 is 185 Å². The zero-order chi connectivity index (χ0) is 82.3. The lowest BCUT2D eigenvalue weighted by atomic mass is 9.82. The number of halogens is 6. The number of methoxy groups -OCH3 is 1. The Bertz CT molecular complexity index is 4590. The molecule has 0 bridgehead atoms. The number of sulfonamides is 2. The topological polar surface area (TPSA) is 317 Å². The summed E-state index contributed by atoms with van der Waals surface area (Å²) in [6.07, 6.45) is 2.83. The quantitative estimate of drug-likeness (QED) is 0.0500. The maximum absolute atomic E-state index is 14.8. The third-order valence-electron chi connectivity index (χ3n) is 23.7. The van der Waals surface area contributed by atoms with Gasteiger partial charge in [0.25, 0.3) is 0 Å². The van der Waals surface area contributed by atoms with Crippen LogP contribution in [-0.4, -0.2) is 169 Å². The Balaban J connectivity index is 0.000000223. The summed E-state index contributed by atoms with van der Waals surface area (Å²) in [6.45, 7) is 12.4. The molecule has 4 aliphatic carbocycles. The molecule has 2 aromatic heterocycles. The summed E-state index contributed by atoms with van der Waals surface area (Å²) in [5.41, 5.74) is -8.33. The molecule has 0 unspecified atom stereocenters. The fourth-order valence-corrected chi connectivity index (χ4v) is 19.1. The van der Waals surface area contributed by atoms with Gasteiger partial charge in [0.2, 0.25) is 66.6 Å². The molecule has 618 valence electrons. The van der Waals surface area contributed by atoms with Crippen molar-refractivity contribution < 1.29 is 110 Å². The molecule has 2 saturated heterocycles. The van der Waals surface area contributed by atoms with Gasteiger partial charge in [-0.1, -0.05) is 88.4 Å². The van der Waals surface area contributed by atoms with E-state index >= 15 is 0 Å². The number of aromatic nitrogens is 2. The molecule has 24 nitrogen and oxygen atoms in total. The van der Waals surface area contributed by atoms with Crippen molar-refractivity contribution in [2.24, 2.45) is 58.2 Å². The number of carbonyl (C=O) groups is 8. The van der Waals surface area contributed by atoms with Crippen molar-refractivity contribution >= 4 is 88.7 Å². The molecule has 2 aromatic carbocycles. The smallest absolute Gasteiger partial charge is 0.427 e. The lowest BCUT2D eigenvalue weighted by Crippen LogP contribution is -2.48. The Morgan fingerprint density at radius 2 is 0.920 bits per heavy atom. The Kier molecular flexibility index (Phi) is 25.3. The minimum Gasteiger partial charge on any atom is -0.494 e. The summed E-state index contributed by atoms with van der Waals surface area (Å²) in [6, 6.07) is 12.2. The van der Waals surface area contributed by atoms with Gasteiger partial charge in [0.1, 0.15) is 23.7 Å². The lowest BCUT2D eigenvalue weighted by Gasteiger charge is -2.33. The van der Waals surface area contributed by atoms with Gasteiger partial charge in [0.05, 0.1) is 97.3 Å².